The van der Waals surface area contributed by atoms with Gasteiger partial charge in [0.25, 0.3) is 0 Å². The highest BCUT2D eigenvalue weighted by molar-refractivity contribution is 9.06. The smallest absolute Gasteiger partial charge is 0.338 e. The molecule has 0 aromatic rings. The van der Waals surface area contributed by atoms with Gasteiger partial charge in [0.05, 0.1) is 0 Å². The second kappa shape index (κ2) is 3.96. The maximum Gasteiger partial charge on any atom is 0.338 e. The molecule has 0 saturated carbocycles. The van der Waals surface area contributed by atoms with E-state index in [1.807, 2.05) is 0 Å². The Morgan fingerprint density at radius 2 is 1.85 bits per heavy atom. The third kappa shape index (κ3) is 2.22. The highest BCUT2D eigenvalue weighted by atomic mass is 79.9. The van der Waals surface area contributed by atoms with E-state index in [1.165, 1.54) is 6.92 Å². The first-order valence-corrected chi connectivity index (χ1v) is 6.24. The SMILES string of the molecule is CC(C)C(C)(C(=O)OBr)S(C)(=O)=O. The minimum atomic E-state index is -3.48. The van der Waals surface area contributed by atoms with Gasteiger partial charge >= 0.3 is 5.97 Å². The summed E-state index contributed by atoms with van der Waals surface area (Å²) in [5.74, 6) is -1.13. The summed E-state index contributed by atoms with van der Waals surface area (Å²) in [5, 5.41) is 0. The van der Waals surface area contributed by atoms with Crippen LogP contribution in [-0.2, 0) is 18.5 Å². The Hall–Kier alpha value is -0.100. The highest BCUT2D eigenvalue weighted by Gasteiger charge is 2.47. The first-order valence-electron chi connectivity index (χ1n) is 3.70. The molecule has 0 N–H and O–H groups in total. The van der Waals surface area contributed by atoms with Crippen molar-refractivity contribution in [2.24, 2.45) is 5.92 Å². The summed E-state index contributed by atoms with van der Waals surface area (Å²) >= 11 is 2.50. The molecule has 0 spiro atoms. The zero-order chi connectivity index (χ0) is 10.9. The van der Waals surface area contributed by atoms with Crippen molar-refractivity contribution >= 4 is 32.1 Å². The van der Waals surface area contributed by atoms with Crippen molar-refractivity contribution < 1.29 is 17.0 Å². The quantitative estimate of drug-likeness (QED) is 0.777. The lowest BCUT2D eigenvalue weighted by atomic mass is 9.97. The normalized spacial score (nSPS) is 16.8. The minimum Gasteiger partial charge on any atom is -0.382 e. The molecule has 13 heavy (non-hydrogen) atoms. The Kier molecular flexibility index (Phi) is 3.93. The molecule has 0 aliphatic carbocycles. The molecule has 6 heteroatoms. The van der Waals surface area contributed by atoms with Gasteiger partial charge in [-0.1, -0.05) is 13.8 Å². The van der Waals surface area contributed by atoms with E-state index in [0.717, 1.165) is 6.26 Å². The van der Waals surface area contributed by atoms with Gasteiger partial charge in [-0.2, -0.15) is 0 Å². The Morgan fingerprint density at radius 3 is 1.92 bits per heavy atom. The van der Waals surface area contributed by atoms with Gasteiger partial charge in [-0.05, 0) is 12.8 Å². The monoisotopic (exact) mass is 272 g/mol. The summed E-state index contributed by atoms with van der Waals surface area (Å²) in [6.07, 6.45) is 1.02. The van der Waals surface area contributed by atoms with E-state index >= 15 is 0 Å². The van der Waals surface area contributed by atoms with E-state index in [1.54, 1.807) is 13.8 Å². The predicted molar refractivity (Wildman–Crippen MR) is 53.1 cm³/mol. The molecule has 1 unspecified atom stereocenters. The van der Waals surface area contributed by atoms with Crippen LogP contribution < -0.4 is 0 Å². The minimum absolute atomic E-state index is 0.340. The van der Waals surface area contributed by atoms with E-state index < -0.39 is 20.6 Å². The molecule has 0 aliphatic rings. The van der Waals surface area contributed by atoms with Gasteiger partial charge in [-0.15, -0.1) is 0 Å². The van der Waals surface area contributed by atoms with Crippen molar-refractivity contribution in [3.63, 3.8) is 0 Å². The van der Waals surface area contributed by atoms with Gasteiger partial charge in [0.15, 0.2) is 30.8 Å². The van der Waals surface area contributed by atoms with Crippen molar-refractivity contribution in [2.45, 2.75) is 25.5 Å². The number of sulfone groups is 1. The van der Waals surface area contributed by atoms with Gasteiger partial charge in [0, 0.05) is 6.26 Å². The van der Waals surface area contributed by atoms with Crippen LogP contribution in [0.5, 0.6) is 0 Å². The van der Waals surface area contributed by atoms with E-state index in [-0.39, 0.29) is 5.92 Å². The molecule has 0 rings (SSSR count). The fourth-order valence-corrected chi connectivity index (χ4v) is 2.54. The van der Waals surface area contributed by atoms with Crippen LogP contribution in [0.4, 0.5) is 0 Å². The van der Waals surface area contributed by atoms with E-state index in [9.17, 15) is 13.2 Å². The standard InChI is InChI=1S/C7H13BrO4S/c1-5(2)7(3,6(9)12-8)13(4,10)11/h5H,1-4H3. The number of carbonyl (C=O) groups is 1. The average molecular weight is 273 g/mol. The highest BCUT2D eigenvalue weighted by Crippen LogP contribution is 2.28. The summed E-state index contributed by atoms with van der Waals surface area (Å²) < 4.78 is 25.6. The molecule has 0 fully saturated rings. The van der Waals surface area contributed by atoms with Crippen molar-refractivity contribution in [1.82, 2.24) is 0 Å². The second-order valence-corrected chi connectivity index (χ2v) is 6.11. The number of halogens is 1. The second-order valence-electron chi connectivity index (χ2n) is 3.40. The average Bonchev–Trinajstić information content (AvgIpc) is 1.98. The number of rotatable bonds is 3. The molecule has 0 radical (unpaired) electrons. The molecule has 1 atom stereocenters. The molecular formula is C7H13BrO4S. The first-order chi connectivity index (χ1) is 5.67. The molecule has 0 bridgehead atoms. The van der Waals surface area contributed by atoms with Crippen LogP contribution in [0.2, 0.25) is 0 Å². The lowest BCUT2D eigenvalue weighted by Gasteiger charge is -2.27. The summed E-state index contributed by atoms with van der Waals surface area (Å²) in [6.45, 7) is 4.67. The summed E-state index contributed by atoms with van der Waals surface area (Å²) in [7, 11) is -3.48. The molecule has 0 aromatic carbocycles. The topological polar surface area (TPSA) is 60.4 Å². The van der Waals surface area contributed by atoms with Gasteiger partial charge in [0.1, 0.15) is 0 Å². The first kappa shape index (κ1) is 12.9. The van der Waals surface area contributed by atoms with E-state index in [2.05, 4.69) is 20.1 Å². The molecular weight excluding hydrogens is 260 g/mol. The number of carbonyl (C=O) groups excluding carboxylic acids is 1. The van der Waals surface area contributed by atoms with Crippen molar-refractivity contribution in [3.05, 3.63) is 0 Å². The fourth-order valence-electron chi connectivity index (χ4n) is 0.892. The lowest BCUT2D eigenvalue weighted by molar-refractivity contribution is -0.135. The zero-order valence-electron chi connectivity index (χ0n) is 8.00. The molecule has 0 aliphatic heterocycles. The Morgan fingerprint density at radius 1 is 1.46 bits per heavy atom. The Balaban J connectivity index is 5.34. The van der Waals surface area contributed by atoms with Gasteiger partial charge in [-0.3, -0.25) is 0 Å². The van der Waals surface area contributed by atoms with E-state index in [4.69, 9.17) is 0 Å². The summed E-state index contributed by atoms with van der Waals surface area (Å²) in [5.41, 5.74) is 0. The molecule has 78 valence electrons. The van der Waals surface area contributed by atoms with Crippen LogP contribution in [0.15, 0.2) is 0 Å². The molecule has 0 amide bonds. The third-order valence-electron chi connectivity index (χ3n) is 2.35. The van der Waals surface area contributed by atoms with Crippen molar-refractivity contribution in [1.29, 1.82) is 0 Å². The summed E-state index contributed by atoms with van der Waals surface area (Å²) in [4.78, 5) is 11.3. The number of hydrogen-bond acceptors (Lipinski definition) is 4. The van der Waals surface area contributed by atoms with Crippen molar-refractivity contribution in [3.8, 4) is 0 Å². The Bertz CT molecular complexity index is 296. The molecule has 0 saturated heterocycles. The van der Waals surface area contributed by atoms with Gasteiger partial charge < -0.3 is 3.83 Å². The van der Waals surface area contributed by atoms with Crippen LogP contribution in [0.25, 0.3) is 0 Å². The third-order valence-corrected chi connectivity index (χ3v) is 4.82. The van der Waals surface area contributed by atoms with Crippen LogP contribution in [0.3, 0.4) is 0 Å². The van der Waals surface area contributed by atoms with E-state index in [0.29, 0.717) is 0 Å². The Labute approximate surface area is 87.0 Å². The maximum absolute atomic E-state index is 11.4. The van der Waals surface area contributed by atoms with Crippen LogP contribution in [0.1, 0.15) is 20.8 Å². The molecule has 0 heterocycles. The molecule has 4 nitrogen and oxygen atoms in total. The maximum atomic E-state index is 11.4. The van der Waals surface area contributed by atoms with Crippen LogP contribution in [0, 0.1) is 5.92 Å². The van der Waals surface area contributed by atoms with Crippen LogP contribution in [-0.4, -0.2) is 25.4 Å². The van der Waals surface area contributed by atoms with Gasteiger partial charge in [0.2, 0.25) is 0 Å². The molecule has 0 aromatic heterocycles. The number of hydrogen-bond donors (Lipinski definition) is 0. The predicted octanol–water partition coefficient (Wildman–Crippen LogP) is 1.30. The lowest BCUT2D eigenvalue weighted by Crippen LogP contribution is -2.47. The fraction of sp³-hybridized carbons (Fsp3) is 0.857. The zero-order valence-corrected chi connectivity index (χ0v) is 10.4. The largest absolute Gasteiger partial charge is 0.382 e. The van der Waals surface area contributed by atoms with Crippen molar-refractivity contribution in [2.75, 3.05) is 6.26 Å². The van der Waals surface area contributed by atoms with Crippen LogP contribution >= 0.6 is 16.3 Å². The van der Waals surface area contributed by atoms with Gasteiger partial charge in [-0.25, -0.2) is 13.2 Å². The summed E-state index contributed by atoms with van der Waals surface area (Å²) in [6, 6.07) is 0.